The molecule has 1 amide bonds. The van der Waals surface area contributed by atoms with E-state index in [4.69, 9.17) is 0 Å². The van der Waals surface area contributed by atoms with E-state index in [1.54, 1.807) is 0 Å². The normalized spacial score (nSPS) is 13.7. The molecule has 4 aromatic carbocycles. The van der Waals surface area contributed by atoms with Crippen molar-refractivity contribution in [3.63, 3.8) is 0 Å². The van der Waals surface area contributed by atoms with Crippen LogP contribution in [0.1, 0.15) is 10.4 Å². The van der Waals surface area contributed by atoms with E-state index in [-0.39, 0.29) is 5.91 Å². The van der Waals surface area contributed by atoms with Gasteiger partial charge in [-0.1, -0.05) is 78.9 Å². The van der Waals surface area contributed by atoms with Crippen molar-refractivity contribution in [2.75, 3.05) is 31.1 Å². The number of benzene rings is 4. The molecule has 5 aromatic rings. The average Bonchev–Trinajstić information content (AvgIpc) is 2.97. The Labute approximate surface area is 210 Å². The van der Waals surface area contributed by atoms with Gasteiger partial charge in [0.05, 0.1) is 5.69 Å². The molecule has 1 saturated heterocycles. The molecule has 36 heavy (non-hydrogen) atoms. The smallest absolute Gasteiger partial charge is 0.253 e. The summed E-state index contributed by atoms with van der Waals surface area (Å²) in [6, 6.07) is 36.8. The van der Waals surface area contributed by atoms with E-state index in [2.05, 4.69) is 57.6 Å². The van der Waals surface area contributed by atoms with Crippen molar-refractivity contribution >= 4 is 22.5 Å². The number of amides is 1. The minimum atomic E-state index is 0.0759. The molecule has 6 rings (SSSR count). The number of aromatic nitrogens is 2. The van der Waals surface area contributed by atoms with Crippen LogP contribution in [0.15, 0.2) is 109 Å². The first-order valence-electron chi connectivity index (χ1n) is 12.3. The number of nitrogens with zero attached hydrogens (tertiary/aromatic N) is 4. The summed E-state index contributed by atoms with van der Waals surface area (Å²) in [6.45, 7) is 2.79. The molecule has 2 heterocycles. The maximum absolute atomic E-state index is 13.1. The molecular formula is C31H26N4O. The Morgan fingerprint density at radius 1 is 0.583 bits per heavy atom. The third-order valence-corrected chi connectivity index (χ3v) is 6.83. The highest BCUT2D eigenvalue weighted by atomic mass is 16.2. The molecule has 176 valence electrons. The Bertz CT molecular complexity index is 1490. The third-order valence-electron chi connectivity index (χ3n) is 6.83. The van der Waals surface area contributed by atoms with Crippen LogP contribution in [0.5, 0.6) is 0 Å². The van der Waals surface area contributed by atoms with Crippen LogP contribution in [0.4, 0.5) is 5.82 Å². The summed E-state index contributed by atoms with van der Waals surface area (Å²) in [7, 11) is 0. The molecule has 1 aliphatic heterocycles. The Kier molecular flexibility index (Phi) is 5.88. The molecule has 0 spiro atoms. The van der Waals surface area contributed by atoms with Gasteiger partial charge in [0, 0.05) is 37.3 Å². The van der Waals surface area contributed by atoms with Crippen molar-refractivity contribution in [3.05, 3.63) is 115 Å². The third kappa shape index (κ3) is 4.43. The van der Waals surface area contributed by atoms with Crippen molar-refractivity contribution in [2.45, 2.75) is 0 Å². The lowest BCUT2D eigenvalue weighted by Crippen LogP contribution is -2.49. The second-order valence-electron chi connectivity index (χ2n) is 9.06. The van der Waals surface area contributed by atoms with E-state index in [1.165, 1.54) is 10.8 Å². The zero-order chi connectivity index (χ0) is 24.3. The van der Waals surface area contributed by atoms with Crippen LogP contribution in [-0.2, 0) is 0 Å². The summed E-state index contributed by atoms with van der Waals surface area (Å²) in [5.74, 6) is 0.922. The second-order valence-corrected chi connectivity index (χ2v) is 9.06. The van der Waals surface area contributed by atoms with Gasteiger partial charge in [-0.3, -0.25) is 4.79 Å². The molecule has 0 N–H and O–H groups in total. The highest BCUT2D eigenvalue weighted by Crippen LogP contribution is 2.24. The molecule has 1 aliphatic rings. The predicted octanol–water partition coefficient (Wildman–Crippen LogP) is 5.93. The lowest BCUT2D eigenvalue weighted by Gasteiger charge is -2.35. The van der Waals surface area contributed by atoms with Gasteiger partial charge < -0.3 is 9.80 Å². The fraction of sp³-hybridized carbons (Fsp3) is 0.129. The van der Waals surface area contributed by atoms with Gasteiger partial charge in [-0.2, -0.15) is 0 Å². The van der Waals surface area contributed by atoms with Crippen LogP contribution in [0.3, 0.4) is 0 Å². The van der Waals surface area contributed by atoms with Gasteiger partial charge in [0.15, 0.2) is 5.82 Å². The van der Waals surface area contributed by atoms with Gasteiger partial charge in [0.25, 0.3) is 5.91 Å². The molecule has 1 fully saturated rings. The molecule has 0 saturated carbocycles. The number of piperazine rings is 1. The van der Waals surface area contributed by atoms with Gasteiger partial charge in [-0.05, 0) is 52.2 Å². The van der Waals surface area contributed by atoms with E-state index in [9.17, 15) is 4.79 Å². The van der Waals surface area contributed by atoms with Crippen LogP contribution < -0.4 is 4.90 Å². The Morgan fingerprint density at radius 3 is 1.97 bits per heavy atom. The quantitative estimate of drug-likeness (QED) is 0.327. The minimum absolute atomic E-state index is 0.0759. The largest absolute Gasteiger partial charge is 0.352 e. The molecule has 5 nitrogen and oxygen atoms in total. The summed E-state index contributed by atoms with van der Waals surface area (Å²) in [4.78, 5) is 17.2. The number of fused-ring (bicyclic) bond motifs is 1. The number of carbonyl (C=O) groups is 1. The summed E-state index contributed by atoms with van der Waals surface area (Å²) in [5.41, 5.74) is 4.90. The first kappa shape index (κ1) is 22.0. The maximum atomic E-state index is 13.1. The summed E-state index contributed by atoms with van der Waals surface area (Å²) < 4.78 is 0. The Hall–Kier alpha value is -4.51. The summed E-state index contributed by atoms with van der Waals surface area (Å²) in [5, 5.41) is 11.4. The minimum Gasteiger partial charge on any atom is -0.352 e. The number of hydrogen-bond acceptors (Lipinski definition) is 4. The van der Waals surface area contributed by atoms with Gasteiger partial charge in [-0.15, -0.1) is 10.2 Å². The fourth-order valence-corrected chi connectivity index (χ4v) is 4.75. The average molecular weight is 471 g/mol. The highest BCUT2D eigenvalue weighted by Gasteiger charge is 2.23. The Morgan fingerprint density at radius 2 is 1.25 bits per heavy atom. The second kappa shape index (κ2) is 9.62. The molecule has 5 heteroatoms. The molecular weight excluding hydrogens is 444 g/mol. The lowest BCUT2D eigenvalue weighted by molar-refractivity contribution is 0.0746. The van der Waals surface area contributed by atoms with Gasteiger partial charge >= 0.3 is 0 Å². The maximum Gasteiger partial charge on any atom is 0.253 e. The molecule has 0 unspecified atom stereocenters. The van der Waals surface area contributed by atoms with Crippen LogP contribution in [-0.4, -0.2) is 47.2 Å². The van der Waals surface area contributed by atoms with Gasteiger partial charge in [-0.25, -0.2) is 0 Å². The fourth-order valence-electron chi connectivity index (χ4n) is 4.75. The van der Waals surface area contributed by atoms with Gasteiger partial charge in [0.2, 0.25) is 0 Å². The lowest BCUT2D eigenvalue weighted by atomic mass is 10.0. The molecule has 0 bridgehead atoms. The first-order valence-corrected chi connectivity index (χ1v) is 12.3. The monoisotopic (exact) mass is 470 g/mol. The molecule has 0 radical (unpaired) electrons. The van der Waals surface area contributed by atoms with Crippen LogP contribution >= 0.6 is 0 Å². The van der Waals surface area contributed by atoms with E-state index in [0.717, 1.165) is 46.9 Å². The number of rotatable bonds is 4. The van der Waals surface area contributed by atoms with Gasteiger partial charge in [0.1, 0.15) is 0 Å². The summed E-state index contributed by atoms with van der Waals surface area (Å²) in [6.07, 6.45) is 0. The van der Waals surface area contributed by atoms with Crippen LogP contribution in [0.2, 0.25) is 0 Å². The Balaban J connectivity index is 1.09. The molecule has 0 aliphatic carbocycles. The number of carbonyl (C=O) groups excluding carboxylic acids is 1. The van der Waals surface area contributed by atoms with Crippen molar-refractivity contribution in [1.82, 2.24) is 15.1 Å². The van der Waals surface area contributed by atoms with Crippen molar-refractivity contribution in [3.8, 4) is 22.4 Å². The standard InChI is InChI=1S/C31H26N4O/c36-31(26-13-10-25(11-14-26)23-6-2-1-3-7-23)35-20-18-34(19-21-35)30-17-16-29(32-33-30)28-15-12-24-8-4-5-9-27(24)22-28/h1-17,22H,18-21H2. The number of hydrogen-bond donors (Lipinski definition) is 0. The molecule has 0 atom stereocenters. The van der Waals surface area contributed by atoms with Crippen LogP contribution in [0.25, 0.3) is 33.2 Å². The van der Waals surface area contributed by atoms with E-state index < -0.39 is 0 Å². The number of anilines is 1. The topological polar surface area (TPSA) is 49.3 Å². The zero-order valence-corrected chi connectivity index (χ0v) is 19.9. The highest BCUT2D eigenvalue weighted by molar-refractivity contribution is 5.95. The van der Waals surface area contributed by atoms with Crippen molar-refractivity contribution < 1.29 is 4.79 Å². The predicted molar refractivity (Wildman–Crippen MR) is 145 cm³/mol. The first-order chi connectivity index (χ1) is 17.7. The zero-order valence-electron chi connectivity index (χ0n) is 19.9. The SMILES string of the molecule is O=C(c1ccc(-c2ccccc2)cc1)N1CCN(c2ccc(-c3ccc4ccccc4c3)nn2)CC1. The van der Waals surface area contributed by atoms with Crippen molar-refractivity contribution in [2.24, 2.45) is 0 Å². The van der Waals surface area contributed by atoms with Crippen molar-refractivity contribution in [1.29, 1.82) is 0 Å². The molecule has 1 aromatic heterocycles. The van der Waals surface area contributed by atoms with E-state index >= 15 is 0 Å². The van der Waals surface area contributed by atoms with E-state index in [1.807, 2.05) is 71.6 Å². The van der Waals surface area contributed by atoms with E-state index in [0.29, 0.717) is 13.1 Å². The van der Waals surface area contributed by atoms with Crippen LogP contribution in [0, 0.1) is 0 Å². The summed E-state index contributed by atoms with van der Waals surface area (Å²) >= 11 is 0.